The molecule has 0 radical (unpaired) electrons. The predicted octanol–water partition coefficient (Wildman–Crippen LogP) is 3.25. The summed E-state index contributed by atoms with van der Waals surface area (Å²) in [5.74, 6) is 0.227. The van der Waals surface area contributed by atoms with Gasteiger partial charge in [-0.05, 0) is 48.0 Å². The molecule has 7 heteroatoms. The predicted molar refractivity (Wildman–Crippen MR) is 107 cm³/mol. The molecule has 0 aliphatic carbocycles. The Kier molecular flexibility index (Phi) is 6.63. The normalized spacial score (nSPS) is 12.4. The summed E-state index contributed by atoms with van der Waals surface area (Å²) in [5, 5.41) is 2.70. The van der Waals surface area contributed by atoms with E-state index in [1.165, 1.54) is 6.08 Å². The first-order valence-corrected chi connectivity index (χ1v) is 9.23. The molecule has 1 aliphatic heterocycles. The summed E-state index contributed by atoms with van der Waals surface area (Å²) in [6.45, 7) is 2.38. The number of benzene rings is 2. The zero-order valence-corrected chi connectivity index (χ0v) is 16.0. The van der Waals surface area contributed by atoms with Gasteiger partial charge in [-0.15, -0.1) is 0 Å². The molecule has 29 heavy (non-hydrogen) atoms. The number of amides is 1. The van der Waals surface area contributed by atoms with E-state index in [9.17, 15) is 14.4 Å². The van der Waals surface area contributed by atoms with Gasteiger partial charge in [0.05, 0.1) is 0 Å². The number of carbonyl (C=O) groups excluding carboxylic acids is 3. The smallest absolute Gasteiger partial charge is 0.331 e. The van der Waals surface area contributed by atoms with Crippen LogP contribution in [0.1, 0.15) is 29.3 Å². The van der Waals surface area contributed by atoms with Crippen LogP contribution in [0.25, 0.3) is 6.08 Å². The lowest BCUT2D eigenvalue weighted by Gasteiger charge is -2.18. The molecule has 7 nitrogen and oxygen atoms in total. The van der Waals surface area contributed by atoms with Gasteiger partial charge in [0.1, 0.15) is 13.2 Å². The van der Waals surface area contributed by atoms with E-state index >= 15 is 0 Å². The molecule has 1 heterocycles. The molecule has 0 bridgehead atoms. The van der Waals surface area contributed by atoms with Gasteiger partial charge in [-0.1, -0.05) is 13.0 Å². The van der Waals surface area contributed by atoms with E-state index in [1.54, 1.807) is 55.5 Å². The molecule has 0 atom stereocenters. The van der Waals surface area contributed by atoms with Crippen molar-refractivity contribution >= 4 is 29.4 Å². The van der Waals surface area contributed by atoms with E-state index in [-0.39, 0.29) is 18.3 Å². The highest BCUT2D eigenvalue weighted by Crippen LogP contribution is 2.31. The van der Waals surface area contributed by atoms with E-state index in [2.05, 4.69) is 5.32 Å². The van der Waals surface area contributed by atoms with Gasteiger partial charge in [0.2, 0.25) is 5.91 Å². The van der Waals surface area contributed by atoms with E-state index < -0.39 is 5.97 Å². The molecule has 1 amide bonds. The number of ketones is 1. The highest BCUT2D eigenvalue weighted by Gasteiger charge is 2.12. The monoisotopic (exact) mass is 395 g/mol. The van der Waals surface area contributed by atoms with Gasteiger partial charge in [-0.2, -0.15) is 0 Å². The van der Waals surface area contributed by atoms with Crippen molar-refractivity contribution in [3.05, 3.63) is 59.7 Å². The lowest BCUT2D eigenvalue weighted by atomic mass is 10.1. The maximum atomic E-state index is 12.2. The summed E-state index contributed by atoms with van der Waals surface area (Å²) in [5.41, 5.74) is 1.75. The molecule has 0 spiro atoms. The first-order chi connectivity index (χ1) is 14.0. The van der Waals surface area contributed by atoms with E-state index in [1.807, 2.05) is 0 Å². The third-order valence-electron chi connectivity index (χ3n) is 4.14. The third kappa shape index (κ3) is 5.68. The van der Waals surface area contributed by atoms with E-state index in [4.69, 9.17) is 14.2 Å². The van der Waals surface area contributed by atoms with Crippen molar-refractivity contribution in [1.82, 2.24) is 0 Å². The fourth-order valence-corrected chi connectivity index (χ4v) is 2.58. The van der Waals surface area contributed by atoms with Gasteiger partial charge < -0.3 is 19.5 Å². The maximum Gasteiger partial charge on any atom is 0.331 e. The van der Waals surface area contributed by atoms with Crippen molar-refractivity contribution in [3.8, 4) is 11.5 Å². The standard InChI is InChI=1S/C22H21NO6/c1-2-21(25)23-17-7-5-16(6-8-17)18(24)14-29-22(26)10-4-15-3-9-19-20(13-15)28-12-11-27-19/h3-10,13H,2,11-12,14H2,1H3,(H,23,25)/b10-4+. The molecule has 2 aromatic carbocycles. The largest absolute Gasteiger partial charge is 0.486 e. The van der Waals surface area contributed by atoms with Crippen LogP contribution in [0.5, 0.6) is 11.5 Å². The first-order valence-electron chi connectivity index (χ1n) is 9.23. The van der Waals surface area contributed by atoms with Crippen LogP contribution in [0, 0.1) is 0 Å². The maximum absolute atomic E-state index is 12.2. The molecule has 0 fully saturated rings. The Labute approximate surface area is 168 Å². The summed E-state index contributed by atoms with van der Waals surface area (Å²) < 4.78 is 15.9. The topological polar surface area (TPSA) is 90.9 Å². The van der Waals surface area contributed by atoms with Crippen molar-refractivity contribution in [2.45, 2.75) is 13.3 Å². The summed E-state index contributed by atoms with van der Waals surface area (Å²) in [7, 11) is 0. The zero-order valence-electron chi connectivity index (χ0n) is 16.0. The van der Waals surface area contributed by atoms with Crippen molar-refractivity contribution in [2.75, 3.05) is 25.1 Å². The molecule has 2 aromatic rings. The number of hydrogen-bond donors (Lipinski definition) is 1. The minimum absolute atomic E-state index is 0.109. The lowest BCUT2D eigenvalue weighted by molar-refractivity contribution is -0.136. The van der Waals surface area contributed by atoms with Crippen molar-refractivity contribution in [1.29, 1.82) is 0 Å². The Balaban J connectivity index is 1.50. The fourth-order valence-electron chi connectivity index (χ4n) is 2.58. The summed E-state index contributed by atoms with van der Waals surface area (Å²) in [4.78, 5) is 35.4. The third-order valence-corrected chi connectivity index (χ3v) is 4.14. The van der Waals surface area contributed by atoms with Gasteiger partial charge in [0.25, 0.3) is 0 Å². The fraction of sp³-hybridized carbons (Fsp3) is 0.227. The number of hydrogen-bond acceptors (Lipinski definition) is 6. The van der Waals surface area contributed by atoms with Gasteiger partial charge in [0, 0.05) is 23.7 Å². The second-order valence-corrected chi connectivity index (χ2v) is 6.25. The number of nitrogens with one attached hydrogen (secondary N) is 1. The summed E-state index contributed by atoms with van der Waals surface area (Å²) in [6, 6.07) is 11.7. The molecule has 150 valence electrons. The first kappa shape index (κ1) is 20.1. The van der Waals surface area contributed by atoms with Crippen molar-refractivity contribution in [2.24, 2.45) is 0 Å². The molecule has 0 saturated heterocycles. The molecule has 0 saturated carbocycles. The van der Waals surface area contributed by atoms with Crippen molar-refractivity contribution < 1.29 is 28.6 Å². The highest BCUT2D eigenvalue weighted by molar-refractivity contribution is 5.99. The molecule has 3 rings (SSSR count). The van der Waals surface area contributed by atoms with Crippen LogP contribution >= 0.6 is 0 Å². The number of rotatable bonds is 7. The number of carbonyl (C=O) groups is 3. The molecular formula is C22H21NO6. The Morgan fingerprint density at radius 1 is 1.03 bits per heavy atom. The van der Waals surface area contributed by atoms with Crippen LogP contribution in [0.2, 0.25) is 0 Å². The van der Waals surface area contributed by atoms with E-state index in [0.29, 0.717) is 42.4 Å². The second-order valence-electron chi connectivity index (χ2n) is 6.25. The zero-order chi connectivity index (χ0) is 20.6. The van der Waals surface area contributed by atoms with Crippen molar-refractivity contribution in [3.63, 3.8) is 0 Å². The Hall–Kier alpha value is -3.61. The Morgan fingerprint density at radius 3 is 2.48 bits per heavy atom. The number of esters is 1. The van der Waals surface area contributed by atoms with E-state index in [0.717, 1.165) is 5.56 Å². The molecule has 0 unspecified atom stereocenters. The Bertz CT molecular complexity index is 933. The average Bonchev–Trinajstić information content (AvgIpc) is 2.76. The molecule has 0 aromatic heterocycles. The second kappa shape index (κ2) is 9.54. The number of fused-ring (bicyclic) bond motifs is 1. The number of Topliss-reactive ketones (excluding diaryl/α,β-unsaturated/α-hetero) is 1. The van der Waals surface area contributed by atoms with Gasteiger partial charge in [-0.25, -0.2) is 4.79 Å². The van der Waals surface area contributed by atoms with Crippen LogP contribution in [0.3, 0.4) is 0 Å². The quantitative estimate of drug-likeness (QED) is 0.440. The highest BCUT2D eigenvalue weighted by atomic mass is 16.6. The van der Waals surface area contributed by atoms with Gasteiger partial charge >= 0.3 is 5.97 Å². The minimum Gasteiger partial charge on any atom is -0.486 e. The van der Waals surface area contributed by atoms with Crippen LogP contribution in [-0.4, -0.2) is 37.5 Å². The number of ether oxygens (including phenoxy) is 3. The van der Waals surface area contributed by atoms with Crippen LogP contribution in [-0.2, 0) is 14.3 Å². The lowest BCUT2D eigenvalue weighted by Crippen LogP contribution is -2.15. The van der Waals surface area contributed by atoms with Gasteiger partial charge in [0.15, 0.2) is 23.9 Å². The van der Waals surface area contributed by atoms with Gasteiger partial charge in [-0.3, -0.25) is 9.59 Å². The molecule has 1 aliphatic rings. The van der Waals surface area contributed by atoms with Crippen LogP contribution < -0.4 is 14.8 Å². The minimum atomic E-state index is -0.625. The van der Waals surface area contributed by atoms with Crippen LogP contribution in [0.15, 0.2) is 48.5 Å². The Morgan fingerprint density at radius 2 is 1.76 bits per heavy atom. The summed E-state index contributed by atoms with van der Waals surface area (Å²) >= 11 is 0. The number of anilines is 1. The SMILES string of the molecule is CCC(=O)Nc1ccc(C(=O)COC(=O)/C=C/c2ccc3c(c2)OCCO3)cc1. The average molecular weight is 395 g/mol. The van der Waals surface area contributed by atoms with Crippen LogP contribution in [0.4, 0.5) is 5.69 Å². The summed E-state index contributed by atoms with van der Waals surface area (Å²) in [6.07, 6.45) is 3.20. The molecular weight excluding hydrogens is 374 g/mol. The molecule has 1 N–H and O–H groups in total.